The fraction of sp³-hybridized carbons (Fsp3) is 0. The molecule has 0 aliphatic rings. The van der Waals surface area contributed by atoms with Crippen molar-refractivity contribution in [2.24, 2.45) is 0 Å². The van der Waals surface area contributed by atoms with Gasteiger partial charge in [-0.15, -0.1) is 0 Å². The molecule has 0 fully saturated rings. The summed E-state index contributed by atoms with van der Waals surface area (Å²) in [7, 11) is 0. The highest BCUT2D eigenvalue weighted by Crippen LogP contribution is 2.28. The topological polar surface area (TPSA) is 45.8 Å². The predicted molar refractivity (Wildman–Crippen MR) is 75.9 cm³/mol. The number of carbonyl (C=O) groups excluding carboxylic acids is 1. The lowest BCUT2D eigenvalue weighted by molar-refractivity contribution is 0.103. The Hall–Kier alpha value is -1.91. The number of nitrogens with one attached hydrogen (secondary N) is 1. The van der Waals surface area contributed by atoms with Crippen LogP contribution in [-0.4, -0.2) is 15.8 Å². The Labute approximate surface area is 123 Å². The summed E-state index contributed by atoms with van der Waals surface area (Å²) in [5.41, 5.74) is 0.640. The summed E-state index contributed by atoms with van der Waals surface area (Å²) < 4.78 is 13.8. The Morgan fingerprint density at radius 2 is 2.00 bits per heavy atom. The van der Waals surface area contributed by atoms with Gasteiger partial charge in [0.25, 0.3) is 0 Å². The highest BCUT2D eigenvalue weighted by molar-refractivity contribution is 6.37. The lowest BCUT2D eigenvalue weighted by atomic mass is 10.0. The van der Waals surface area contributed by atoms with Crippen molar-refractivity contribution in [2.45, 2.75) is 0 Å². The van der Waals surface area contributed by atoms with Crippen LogP contribution in [0.5, 0.6) is 0 Å². The van der Waals surface area contributed by atoms with Crippen LogP contribution in [0.4, 0.5) is 4.39 Å². The van der Waals surface area contributed by atoms with Gasteiger partial charge < -0.3 is 4.98 Å². The SMILES string of the molecule is O=C(c1cc(Cl)ccc1F)c1c[nH]c2nccc(Cl)c12. The third kappa shape index (κ3) is 2.07. The number of aromatic nitrogens is 2. The van der Waals surface area contributed by atoms with Gasteiger partial charge in [-0.05, 0) is 24.3 Å². The Morgan fingerprint density at radius 3 is 2.80 bits per heavy atom. The highest BCUT2D eigenvalue weighted by atomic mass is 35.5. The summed E-state index contributed by atoms with van der Waals surface area (Å²) in [6, 6.07) is 5.41. The third-order valence-corrected chi connectivity index (χ3v) is 3.49. The number of hydrogen-bond donors (Lipinski definition) is 1. The molecule has 0 saturated heterocycles. The van der Waals surface area contributed by atoms with Gasteiger partial charge >= 0.3 is 0 Å². The van der Waals surface area contributed by atoms with E-state index in [1.54, 1.807) is 6.07 Å². The zero-order valence-corrected chi connectivity index (χ0v) is 11.5. The zero-order valence-electron chi connectivity index (χ0n) is 9.95. The van der Waals surface area contributed by atoms with Crippen LogP contribution in [0, 0.1) is 5.82 Å². The van der Waals surface area contributed by atoms with Gasteiger partial charge in [-0.3, -0.25) is 4.79 Å². The number of pyridine rings is 1. The van der Waals surface area contributed by atoms with Gasteiger partial charge in [0.05, 0.1) is 16.1 Å². The normalized spacial score (nSPS) is 10.9. The number of halogens is 3. The summed E-state index contributed by atoms with van der Waals surface area (Å²) in [4.78, 5) is 19.4. The quantitative estimate of drug-likeness (QED) is 0.720. The second kappa shape index (κ2) is 4.89. The highest BCUT2D eigenvalue weighted by Gasteiger charge is 2.20. The molecule has 6 heteroatoms. The lowest BCUT2D eigenvalue weighted by Gasteiger charge is -2.03. The molecule has 0 atom stereocenters. The second-order valence-electron chi connectivity index (χ2n) is 4.17. The maximum Gasteiger partial charge on any atom is 0.198 e. The molecule has 3 rings (SSSR count). The molecule has 3 aromatic rings. The number of carbonyl (C=O) groups is 1. The summed E-state index contributed by atoms with van der Waals surface area (Å²) in [5.74, 6) is -1.13. The smallest absolute Gasteiger partial charge is 0.198 e. The first-order chi connectivity index (χ1) is 9.58. The summed E-state index contributed by atoms with van der Waals surface area (Å²) >= 11 is 11.9. The summed E-state index contributed by atoms with van der Waals surface area (Å²) in [6.45, 7) is 0. The molecule has 0 radical (unpaired) electrons. The first kappa shape index (κ1) is 13.1. The lowest BCUT2D eigenvalue weighted by Crippen LogP contribution is -2.03. The molecule has 0 spiro atoms. The standard InChI is InChI=1S/C14H7Cl2FN2O/c15-7-1-2-11(17)8(5-7)13(20)9-6-19-14-12(9)10(16)3-4-18-14/h1-6H,(H,18,19). The van der Waals surface area contributed by atoms with Gasteiger partial charge in [0, 0.05) is 22.8 Å². The Morgan fingerprint density at radius 1 is 1.20 bits per heavy atom. The molecule has 2 heterocycles. The van der Waals surface area contributed by atoms with Crippen molar-refractivity contribution in [3.05, 3.63) is 63.6 Å². The van der Waals surface area contributed by atoms with E-state index in [0.717, 1.165) is 6.07 Å². The van der Waals surface area contributed by atoms with E-state index in [0.29, 0.717) is 21.1 Å². The van der Waals surface area contributed by atoms with Gasteiger partial charge in [-0.25, -0.2) is 9.37 Å². The van der Waals surface area contributed by atoms with Gasteiger partial charge in [-0.2, -0.15) is 0 Å². The Kier molecular flexibility index (Phi) is 3.20. The van der Waals surface area contributed by atoms with Gasteiger partial charge in [0.1, 0.15) is 11.5 Å². The van der Waals surface area contributed by atoms with Crippen LogP contribution in [0.2, 0.25) is 10.0 Å². The molecular formula is C14H7Cl2FN2O. The van der Waals surface area contributed by atoms with Crippen molar-refractivity contribution in [3.8, 4) is 0 Å². The van der Waals surface area contributed by atoms with E-state index in [2.05, 4.69) is 9.97 Å². The number of ketones is 1. The molecular weight excluding hydrogens is 302 g/mol. The zero-order chi connectivity index (χ0) is 14.3. The number of fused-ring (bicyclic) bond motifs is 1. The summed E-state index contributed by atoms with van der Waals surface area (Å²) in [6.07, 6.45) is 2.99. The number of hydrogen-bond acceptors (Lipinski definition) is 2. The molecule has 3 nitrogen and oxygen atoms in total. The van der Waals surface area contributed by atoms with Crippen molar-refractivity contribution in [1.29, 1.82) is 0 Å². The molecule has 2 aromatic heterocycles. The first-order valence-corrected chi connectivity index (χ1v) is 6.45. The van der Waals surface area contributed by atoms with Crippen molar-refractivity contribution >= 4 is 40.0 Å². The van der Waals surface area contributed by atoms with E-state index in [9.17, 15) is 9.18 Å². The molecule has 0 aliphatic carbocycles. The molecule has 20 heavy (non-hydrogen) atoms. The number of H-pyrrole nitrogens is 1. The maximum atomic E-state index is 13.8. The number of aromatic amines is 1. The van der Waals surface area contributed by atoms with Crippen LogP contribution in [0.3, 0.4) is 0 Å². The molecule has 0 aliphatic heterocycles. The first-order valence-electron chi connectivity index (χ1n) is 5.69. The van der Waals surface area contributed by atoms with E-state index in [4.69, 9.17) is 23.2 Å². The fourth-order valence-electron chi connectivity index (χ4n) is 2.01. The van der Waals surface area contributed by atoms with Gasteiger partial charge in [0.2, 0.25) is 0 Å². The number of benzene rings is 1. The molecule has 1 N–H and O–H groups in total. The minimum atomic E-state index is -0.631. The molecule has 0 amide bonds. The maximum absolute atomic E-state index is 13.8. The van der Waals surface area contributed by atoms with E-state index < -0.39 is 11.6 Å². The molecule has 100 valence electrons. The van der Waals surface area contributed by atoms with Crippen molar-refractivity contribution in [3.63, 3.8) is 0 Å². The van der Waals surface area contributed by atoms with Crippen LogP contribution in [-0.2, 0) is 0 Å². The fourth-order valence-corrected chi connectivity index (χ4v) is 2.43. The van der Waals surface area contributed by atoms with Crippen LogP contribution >= 0.6 is 23.2 Å². The van der Waals surface area contributed by atoms with Crippen LogP contribution in [0.15, 0.2) is 36.7 Å². The molecule has 0 bridgehead atoms. The van der Waals surface area contributed by atoms with Crippen molar-refractivity contribution in [2.75, 3.05) is 0 Å². The Balaban J connectivity index is 2.21. The monoisotopic (exact) mass is 308 g/mol. The molecule has 0 saturated carbocycles. The second-order valence-corrected chi connectivity index (χ2v) is 5.02. The third-order valence-electron chi connectivity index (χ3n) is 2.94. The van der Waals surface area contributed by atoms with E-state index in [-0.39, 0.29) is 11.1 Å². The largest absolute Gasteiger partial charge is 0.345 e. The minimum Gasteiger partial charge on any atom is -0.345 e. The minimum absolute atomic E-state index is 0.0988. The van der Waals surface area contributed by atoms with Crippen LogP contribution in [0.25, 0.3) is 11.0 Å². The number of rotatable bonds is 2. The van der Waals surface area contributed by atoms with E-state index in [1.165, 1.54) is 24.5 Å². The predicted octanol–water partition coefficient (Wildman–Crippen LogP) is 4.24. The van der Waals surface area contributed by atoms with Gasteiger partial charge in [-0.1, -0.05) is 23.2 Å². The molecule has 1 aromatic carbocycles. The van der Waals surface area contributed by atoms with Gasteiger partial charge in [0.15, 0.2) is 5.78 Å². The molecule has 0 unspecified atom stereocenters. The van der Waals surface area contributed by atoms with Crippen molar-refractivity contribution in [1.82, 2.24) is 9.97 Å². The number of nitrogens with zero attached hydrogens (tertiary/aromatic N) is 1. The van der Waals surface area contributed by atoms with E-state index >= 15 is 0 Å². The van der Waals surface area contributed by atoms with Crippen LogP contribution in [0.1, 0.15) is 15.9 Å². The average Bonchev–Trinajstić information content (AvgIpc) is 2.86. The Bertz CT molecular complexity index is 829. The van der Waals surface area contributed by atoms with Crippen molar-refractivity contribution < 1.29 is 9.18 Å². The van der Waals surface area contributed by atoms with Crippen LogP contribution < -0.4 is 0 Å². The average molecular weight is 309 g/mol. The van der Waals surface area contributed by atoms with E-state index in [1.807, 2.05) is 0 Å². The summed E-state index contributed by atoms with van der Waals surface area (Å²) in [5, 5.41) is 1.14.